The summed E-state index contributed by atoms with van der Waals surface area (Å²) in [4.78, 5) is 22.5. The highest BCUT2D eigenvalue weighted by Gasteiger charge is 2.09. The highest BCUT2D eigenvalue weighted by Crippen LogP contribution is 2.28. The lowest BCUT2D eigenvalue weighted by Gasteiger charge is -2.02. The number of nitrogens with zero attached hydrogens (tertiary/aromatic N) is 2. The first-order valence-corrected chi connectivity index (χ1v) is 9.00. The minimum Gasteiger partial charge on any atom is -0.358 e. The fourth-order valence-corrected chi connectivity index (χ4v) is 4.07. The van der Waals surface area contributed by atoms with Crippen LogP contribution in [0.15, 0.2) is 8.68 Å². The number of hydrogen-bond acceptors (Lipinski definition) is 7. The lowest BCUT2D eigenvalue weighted by atomic mass is 10.4. The molecule has 0 aromatic carbocycles. The number of carbonyl (C=O) groups is 2. The second-order valence-corrected chi connectivity index (χ2v) is 7.32. The summed E-state index contributed by atoms with van der Waals surface area (Å²) in [7, 11) is 1.53. The number of rotatable bonds is 9. The molecule has 0 saturated carbocycles. The molecule has 1 aromatic rings. The van der Waals surface area contributed by atoms with Crippen LogP contribution in [0.2, 0.25) is 0 Å². The molecule has 0 radical (unpaired) electrons. The zero-order valence-electron chi connectivity index (χ0n) is 11.5. The van der Waals surface area contributed by atoms with Gasteiger partial charge in [-0.25, -0.2) is 0 Å². The van der Waals surface area contributed by atoms with Crippen LogP contribution in [0, 0.1) is 0 Å². The summed E-state index contributed by atoms with van der Waals surface area (Å²) in [6, 6.07) is 0. The molecule has 9 heteroatoms. The van der Waals surface area contributed by atoms with Gasteiger partial charge in [0, 0.05) is 12.8 Å². The molecule has 0 spiro atoms. The molecule has 0 bridgehead atoms. The topological polar surface area (TPSA) is 84.0 Å². The molecular formula is C11H18N4O2S3. The molecule has 0 unspecified atom stereocenters. The Morgan fingerprint density at radius 3 is 2.55 bits per heavy atom. The van der Waals surface area contributed by atoms with E-state index in [2.05, 4.69) is 27.8 Å². The van der Waals surface area contributed by atoms with Crippen LogP contribution in [0.5, 0.6) is 0 Å². The minimum absolute atomic E-state index is 0.00410. The maximum atomic E-state index is 11.5. The smallest absolute Gasteiger partial charge is 0.239 e. The van der Waals surface area contributed by atoms with Crippen molar-refractivity contribution in [2.45, 2.75) is 28.4 Å². The second-order valence-electron chi connectivity index (χ2n) is 3.77. The summed E-state index contributed by atoms with van der Waals surface area (Å²) in [5, 5.41) is 13.1. The number of nitrogens with one attached hydrogen (secondary N) is 2. The van der Waals surface area contributed by atoms with Gasteiger partial charge in [0.25, 0.3) is 0 Å². The fraction of sp³-hybridized carbons (Fsp3) is 0.636. The van der Waals surface area contributed by atoms with E-state index in [-0.39, 0.29) is 24.1 Å². The molecular weight excluding hydrogens is 316 g/mol. The summed E-state index contributed by atoms with van der Waals surface area (Å²) in [6.45, 7) is 2.16. The summed E-state index contributed by atoms with van der Waals surface area (Å²) < 4.78 is 1.71. The fourth-order valence-electron chi connectivity index (χ4n) is 1.06. The number of unbranched alkanes of at least 4 members (excludes halogenated alkanes) is 1. The van der Waals surface area contributed by atoms with Gasteiger partial charge in [-0.05, 0) is 6.42 Å². The molecule has 20 heavy (non-hydrogen) atoms. The van der Waals surface area contributed by atoms with E-state index < -0.39 is 0 Å². The van der Waals surface area contributed by atoms with Gasteiger partial charge in [-0.2, -0.15) is 0 Å². The molecule has 1 heterocycles. The van der Waals surface area contributed by atoms with Gasteiger partial charge in [0.15, 0.2) is 8.68 Å². The van der Waals surface area contributed by atoms with Crippen molar-refractivity contribution in [1.82, 2.24) is 20.8 Å². The number of amides is 2. The monoisotopic (exact) mass is 334 g/mol. The third kappa shape index (κ3) is 7.11. The van der Waals surface area contributed by atoms with Gasteiger partial charge in [-0.3, -0.25) is 9.59 Å². The van der Waals surface area contributed by atoms with Gasteiger partial charge in [0.2, 0.25) is 11.8 Å². The Balaban J connectivity index is 2.24. The number of aromatic nitrogens is 2. The first-order valence-electron chi connectivity index (χ1n) is 6.22. The van der Waals surface area contributed by atoms with E-state index >= 15 is 0 Å². The van der Waals surface area contributed by atoms with Gasteiger partial charge >= 0.3 is 0 Å². The van der Waals surface area contributed by atoms with Crippen molar-refractivity contribution < 1.29 is 9.59 Å². The molecule has 2 N–H and O–H groups in total. The summed E-state index contributed by atoms with van der Waals surface area (Å²) >= 11 is 4.53. The first kappa shape index (κ1) is 17.3. The zero-order chi connectivity index (χ0) is 14.8. The minimum atomic E-state index is -0.214. The number of thioether (sulfide) groups is 2. The van der Waals surface area contributed by atoms with Gasteiger partial charge < -0.3 is 10.6 Å². The predicted molar refractivity (Wildman–Crippen MR) is 83.3 cm³/mol. The largest absolute Gasteiger partial charge is 0.358 e. The summed E-state index contributed by atoms with van der Waals surface area (Å²) in [5.41, 5.74) is 0. The molecule has 0 saturated heterocycles. The highest BCUT2D eigenvalue weighted by molar-refractivity contribution is 8.03. The van der Waals surface area contributed by atoms with E-state index in [1.54, 1.807) is 11.8 Å². The molecule has 112 valence electrons. The molecule has 0 aliphatic rings. The van der Waals surface area contributed by atoms with Crippen molar-refractivity contribution in [3.05, 3.63) is 0 Å². The number of hydrogen-bond donors (Lipinski definition) is 2. The van der Waals surface area contributed by atoms with Crippen molar-refractivity contribution >= 4 is 46.7 Å². The van der Waals surface area contributed by atoms with Crippen LogP contribution in [-0.4, -0.2) is 47.1 Å². The SMILES string of the molecule is CCCCSc1nnc(SCC(=O)NCC(=O)NC)s1. The van der Waals surface area contributed by atoms with Gasteiger partial charge in [-0.1, -0.05) is 48.2 Å². The van der Waals surface area contributed by atoms with Crippen molar-refractivity contribution in [3.63, 3.8) is 0 Å². The molecule has 0 fully saturated rings. The van der Waals surface area contributed by atoms with E-state index in [9.17, 15) is 9.59 Å². The van der Waals surface area contributed by atoms with E-state index in [1.807, 2.05) is 0 Å². The van der Waals surface area contributed by atoms with Crippen LogP contribution in [0.25, 0.3) is 0 Å². The number of carbonyl (C=O) groups excluding carboxylic acids is 2. The Hall–Kier alpha value is -0.800. The van der Waals surface area contributed by atoms with Crippen LogP contribution in [0.3, 0.4) is 0 Å². The van der Waals surface area contributed by atoms with Crippen LogP contribution in [0.1, 0.15) is 19.8 Å². The normalized spacial score (nSPS) is 10.3. The van der Waals surface area contributed by atoms with Crippen LogP contribution in [-0.2, 0) is 9.59 Å². The standard InChI is InChI=1S/C11H18N4O2S3/c1-3-4-5-18-10-14-15-11(20-10)19-7-9(17)13-6-8(16)12-2/h3-7H2,1-2H3,(H,12,16)(H,13,17). The van der Waals surface area contributed by atoms with Gasteiger partial charge in [-0.15, -0.1) is 10.2 Å². The van der Waals surface area contributed by atoms with Crippen molar-refractivity contribution in [2.24, 2.45) is 0 Å². The maximum Gasteiger partial charge on any atom is 0.239 e. The van der Waals surface area contributed by atoms with Crippen LogP contribution >= 0.6 is 34.9 Å². The molecule has 1 rings (SSSR count). The van der Waals surface area contributed by atoms with Crippen molar-refractivity contribution in [1.29, 1.82) is 0 Å². The lowest BCUT2D eigenvalue weighted by Crippen LogP contribution is -2.35. The highest BCUT2D eigenvalue weighted by atomic mass is 32.2. The Morgan fingerprint density at radius 1 is 1.20 bits per heavy atom. The zero-order valence-corrected chi connectivity index (χ0v) is 13.9. The Bertz CT molecular complexity index is 439. The van der Waals surface area contributed by atoms with E-state index in [1.165, 1.54) is 36.6 Å². The molecule has 0 atom stereocenters. The third-order valence-electron chi connectivity index (χ3n) is 2.16. The Labute approximate surface area is 130 Å². The molecule has 0 aliphatic carbocycles. The molecule has 6 nitrogen and oxygen atoms in total. The quantitative estimate of drug-likeness (QED) is 0.524. The second kappa shape index (κ2) is 10.0. The molecule has 0 aliphatic heterocycles. The third-order valence-corrected chi connectivity index (χ3v) is 5.44. The van der Waals surface area contributed by atoms with E-state index in [0.29, 0.717) is 0 Å². The Morgan fingerprint density at radius 2 is 1.90 bits per heavy atom. The molecule has 2 amide bonds. The van der Waals surface area contributed by atoms with Gasteiger partial charge in [0.1, 0.15) is 0 Å². The van der Waals surface area contributed by atoms with Gasteiger partial charge in [0.05, 0.1) is 12.3 Å². The molecule has 1 aromatic heterocycles. The average molecular weight is 334 g/mol. The number of likely N-dealkylation sites (N-methyl/N-ethyl adjacent to an activating group) is 1. The average Bonchev–Trinajstić information content (AvgIpc) is 2.90. The lowest BCUT2D eigenvalue weighted by molar-refractivity contribution is -0.124. The van der Waals surface area contributed by atoms with E-state index in [0.717, 1.165) is 20.9 Å². The van der Waals surface area contributed by atoms with E-state index in [4.69, 9.17) is 0 Å². The van der Waals surface area contributed by atoms with Crippen LogP contribution in [0.4, 0.5) is 0 Å². The van der Waals surface area contributed by atoms with Crippen LogP contribution < -0.4 is 10.6 Å². The van der Waals surface area contributed by atoms with Crippen molar-refractivity contribution in [2.75, 3.05) is 25.1 Å². The summed E-state index contributed by atoms with van der Waals surface area (Å²) in [6.07, 6.45) is 2.33. The maximum absolute atomic E-state index is 11.5. The van der Waals surface area contributed by atoms with Crippen molar-refractivity contribution in [3.8, 4) is 0 Å². The predicted octanol–water partition coefficient (Wildman–Crippen LogP) is 1.38. The Kier molecular flexibility index (Phi) is 8.63. The summed E-state index contributed by atoms with van der Waals surface area (Å²) in [5.74, 6) is 0.885. The first-order chi connectivity index (χ1) is 9.65.